The SMILES string of the molecule is C#Cc1cnn2c(-c3cc(NC4COC4)c(-c4nnc(C5CCC(C)(O)CC5)s4)cn3)ccc2c1. The number of rotatable bonds is 5. The molecule has 1 aliphatic heterocycles. The number of aliphatic hydroxyl groups is 1. The number of hydrogen-bond acceptors (Lipinski definition) is 8. The summed E-state index contributed by atoms with van der Waals surface area (Å²) in [5, 5.41) is 29.3. The molecule has 0 atom stereocenters. The summed E-state index contributed by atoms with van der Waals surface area (Å²) in [5.74, 6) is 2.97. The Hall–Kier alpha value is -3.32. The van der Waals surface area contributed by atoms with Gasteiger partial charge in [-0.15, -0.1) is 16.6 Å². The highest BCUT2D eigenvalue weighted by Crippen LogP contribution is 2.41. The first-order chi connectivity index (χ1) is 17.0. The van der Waals surface area contributed by atoms with Crippen molar-refractivity contribution in [2.24, 2.45) is 0 Å². The van der Waals surface area contributed by atoms with E-state index in [1.807, 2.05) is 41.9 Å². The normalized spacial score (nSPS) is 22.6. The Morgan fingerprint density at radius 1 is 1.20 bits per heavy atom. The van der Waals surface area contributed by atoms with Crippen molar-refractivity contribution in [2.45, 2.75) is 50.2 Å². The van der Waals surface area contributed by atoms with Gasteiger partial charge in [-0.1, -0.05) is 17.3 Å². The quantitative estimate of drug-likeness (QED) is 0.410. The lowest BCUT2D eigenvalue weighted by Gasteiger charge is -2.31. The summed E-state index contributed by atoms with van der Waals surface area (Å²) in [6.45, 7) is 3.26. The van der Waals surface area contributed by atoms with Crippen LogP contribution in [0.5, 0.6) is 0 Å². The molecule has 9 heteroatoms. The van der Waals surface area contributed by atoms with Gasteiger partial charge in [0.05, 0.1) is 53.5 Å². The molecule has 0 bridgehead atoms. The number of anilines is 1. The molecule has 6 rings (SSSR count). The van der Waals surface area contributed by atoms with Crippen molar-refractivity contribution in [1.82, 2.24) is 24.8 Å². The summed E-state index contributed by atoms with van der Waals surface area (Å²) in [4.78, 5) is 4.78. The molecule has 0 radical (unpaired) electrons. The monoisotopic (exact) mass is 486 g/mol. The average Bonchev–Trinajstić information content (AvgIpc) is 3.48. The van der Waals surface area contributed by atoms with E-state index >= 15 is 0 Å². The lowest BCUT2D eigenvalue weighted by molar-refractivity contribution is 0.0171. The number of nitrogens with zero attached hydrogens (tertiary/aromatic N) is 5. The summed E-state index contributed by atoms with van der Waals surface area (Å²) in [6.07, 6.45) is 12.5. The van der Waals surface area contributed by atoms with Gasteiger partial charge >= 0.3 is 0 Å². The van der Waals surface area contributed by atoms with Gasteiger partial charge in [-0.3, -0.25) is 4.98 Å². The maximum absolute atomic E-state index is 10.3. The second-order valence-electron chi connectivity index (χ2n) is 9.65. The maximum atomic E-state index is 10.3. The zero-order valence-corrected chi connectivity index (χ0v) is 20.3. The lowest BCUT2D eigenvalue weighted by atomic mass is 9.80. The topological polar surface area (TPSA) is 97.5 Å². The molecular formula is C26H26N6O2S. The number of fused-ring (bicyclic) bond motifs is 1. The number of ether oxygens (including phenoxy) is 1. The maximum Gasteiger partial charge on any atom is 0.151 e. The molecular weight excluding hydrogens is 460 g/mol. The molecule has 35 heavy (non-hydrogen) atoms. The Labute approximate surface area is 207 Å². The number of nitrogens with one attached hydrogen (secondary N) is 1. The predicted octanol–water partition coefficient (Wildman–Crippen LogP) is 4.12. The van der Waals surface area contributed by atoms with Gasteiger partial charge in [0.25, 0.3) is 0 Å². The second kappa shape index (κ2) is 8.72. The molecule has 2 aliphatic rings. The van der Waals surface area contributed by atoms with Crippen molar-refractivity contribution in [3.05, 3.63) is 47.2 Å². The highest BCUT2D eigenvalue weighted by Gasteiger charge is 2.31. The third kappa shape index (κ3) is 4.29. The molecule has 1 aliphatic carbocycles. The Morgan fingerprint density at radius 3 is 2.77 bits per heavy atom. The van der Waals surface area contributed by atoms with Gasteiger partial charge in [0.15, 0.2) is 5.01 Å². The number of terminal acetylenes is 1. The van der Waals surface area contributed by atoms with Crippen LogP contribution >= 0.6 is 11.3 Å². The van der Waals surface area contributed by atoms with Crippen LogP contribution in [0, 0.1) is 12.3 Å². The van der Waals surface area contributed by atoms with E-state index in [0.29, 0.717) is 19.1 Å². The molecule has 0 amide bonds. The first kappa shape index (κ1) is 22.2. The van der Waals surface area contributed by atoms with Gasteiger partial charge < -0.3 is 15.2 Å². The number of pyridine rings is 1. The van der Waals surface area contributed by atoms with E-state index < -0.39 is 5.60 Å². The van der Waals surface area contributed by atoms with Gasteiger partial charge in [0.2, 0.25) is 0 Å². The van der Waals surface area contributed by atoms with E-state index in [-0.39, 0.29) is 6.04 Å². The van der Waals surface area contributed by atoms with Crippen LogP contribution in [0.25, 0.3) is 27.5 Å². The van der Waals surface area contributed by atoms with Crippen LogP contribution in [0.3, 0.4) is 0 Å². The van der Waals surface area contributed by atoms with Crippen LogP contribution in [-0.2, 0) is 4.74 Å². The Balaban J connectivity index is 1.34. The number of aromatic nitrogens is 5. The fourth-order valence-electron chi connectivity index (χ4n) is 4.69. The standard InChI is InChI=1S/C26H26N6O2S/c1-3-16-10-19-4-5-23(32(19)28-12-16)22-11-21(29-18-14-34-15-18)20(13-27-22)25-31-30-24(35-25)17-6-8-26(2,33)9-7-17/h1,4-5,10-13,17-18,33H,6-9,14-15H2,2H3,(H,27,29). The van der Waals surface area contributed by atoms with E-state index in [4.69, 9.17) is 16.1 Å². The molecule has 2 fully saturated rings. The Kier molecular flexibility index (Phi) is 5.52. The van der Waals surface area contributed by atoms with Crippen molar-refractivity contribution in [2.75, 3.05) is 18.5 Å². The van der Waals surface area contributed by atoms with Crippen LogP contribution in [0.2, 0.25) is 0 Å². The predicted molar refractivity (Wildman–Crippen MR) is 135 cm³/mol. The molecule has 1 saturated heterocycles. The highest BCUT2D eigenvalue weighted by atomic mass is 32.1. The van der Waals surface area contributed by atoms with Gasteiger partial charge in [0, 0.05) is 23.4 Å². The molecule has 8 nitrogen and oxygen atoms in total. The number of hydrogen-bond donors (Lipinski definition) is 2. The molecule has 4 aromatic rings. The first-order valence-electron chi connectivity index (χ1n) is 11.8. The first-order valence-corrected chi connectivity index (χ1v) is 12.7. The van der Waals surface area contributed by atoms with E-state index in [1.54, 1.807) is 17.5 Å². The third-order valence-electron chi connectivity index (χ3n) is 6.91. The van der Waals surface area contributed by atoms with Crippen LogP contribution in [0.1, 0.15) is 49.1 Å². The van der Waals surface area contributed by atoms with E-state index in [2.05, 4.69) is 26.5 Å². The summed E-state index contributed by atoms with van der Waals surface area (Å²) in [7, 11) is 0. The fourth-order valence-corrected chi connectivity index (χ4v) is 5.73. The van der Waals surface area contributed by atoms with Crippen molar-refractivity contribution >= 4 is 22.5 Å². The summed E-state index contributed by atoms with van der Waals surface area (Å²) < 4.78 is 7.23. The zero-order valence-electron chi connectivity index (χ0n) is 19.4. The van der Waals surface area contributed by atoms with Gasteiger partial charge in [-0.05, 0) is 56.9 Å². The molecule has 178 valence electrons. The van der Waals surface area contributed by atoms with E-state index in [1.165, 1.54) is 0 Å². The van der Waals surface area contributed by atoms with Crippen LogP contribution in [-0.4, -0.2) is 54.8 Å². The van der Waals surface area contributed by atoms with Gasteiger partial charge in [-0.2, -0.15) is 5.10 Å². The summed E-state index contributed by atoms with van der Waals surface area (Å²) >= 11 is 1.62. The van der Waals surface area contributed by atoms with Crippen molar-refractivity contribution in [1.29, 1.82) is 0 Å². The Morgan fingerprint density at radius 2 is 2.03 bits per heavy atom. The average molecular weight is 487 g/mol. The van der Waals surface area contributed by atoms with E-state index in [0.717, 1.165) is 69.4 Å². The molecule has 1 saturated carbocycles. The van der Waals surface area contributed by atoms with Gasteiger partial charge in [0.1, 0.15) is 5.01 Å². The molecule has 0 aromatic carbocycles. The zero-order chi connectivity index (χ0) is 24.0. The Bertz CT molecular complexity index is 1420. The van der Waals surface area contributed by atoms with Crippen LogP contribution in [0.4, 0.5) is 5.69 Å². The van der Waals surface area contributed by atoms with E-state index in [9.17, 15) is 5.11 Å². The molecule has 2 N–H and O–H groups in total. The van der Waals surface area contributed by atoms with Crippen molar-refractivity contribution in [3.8, 4) is 34.3 Å². The van der Waals surface area contributed by atoms with Crippen molar-refractivity contribution in [3.63, 3.8) is 0 Å². The minimum Gasteiger partial charge on any atom is -0.390 e. The molecule has 4 aromatic heterocycles. The largest absolute Gasteiger partial charge is 0.390 e. The smallest absolute Gasteiger partial charge is 0.151 e. The fraction of sp³-hybridized carbons (Fsp3) is 0.385. The van der Waals surface area contributed by atoms with Crippen LogP contribution < -0.4 is 5.32 Å². The highest BCUT2D eigenvalue weighted by molar-refractivity contribution is 7.14. The summed E-state index contributed by atoms with van der Waals surface area (Å²) in [5.41, 5.74) is 4.66. The van der Waals surface area contributed by atoms with Gasteiger partial charge in [-0.25, -0.2) is 4.52 Å². The van der Waals surface area contributed by atoms with Crippen molar-refractivity contribution < 1.29 is 9.84 Å². The molecule has 0 unspecified atom stereocenters. The molecule has 5 heterocycles. The molecule has 0 spiro atoms. The second-order valence-corrected chi connectivity index (χ2v) is 10.7. The third-order valence-corrected chi connectivity index (χ3v) is 8.03. The van der Waals surface area contributed by atoms with Crippen LogP contribution in [0.15, 0.2) is 36.7 Å². The lowest BCUT2D eigenvalue weighted by Crippen LogP contribution is -2.40. The minimum atomic E-state index is -0.564. The minimum absolute atomic E-state index is 0.248. The summed E-state index contributed by atoms with van der Waals surface area (Å²) in [6, 6.07) is 8.22.